The summed E-state index contributed by atoms with van der Waals surface area (Å²) >= 11 is 0. The van der Waals surface area contributed by atoms with Crippen LogP contribution in [-0.4, -0.2) is 23.9 Å². The number of piperidine rings is 1. The summed E-state index contributed by atoms with van der Waals surface area (Å²) in [6.45, 7) is 2.09. The largest absolute Gasteiger partial charge is 0.342 e. The van der Waals surface area contributed by atoms with E-state index in [1.165, 1.54) is 51.4 Å². The maximum atomic E-state index is 12.9. The van der Waals surface area contributed by atoms with E-state index in [1.807, 2.05) is 0 Å². The molecule has 1 heterocycles. The van der Waals surface area contributed by atoms with Crippen LogP contribution >= 0.6 is 0 Å². The molecular formula is C15H23NO. The average molecular weight is 233 g/mol. The van der Waals surface area contributed by atoms with Crippen LogP contribution in [0.15, 0.2) is 0 Å². The molecule has 2 heteroatoms. The van der Waals surface area contributed by atoms with Crippen LogP contribution in [-0.2, 0) is 4.79 Å². The van der Waals surface area contributed by atoms with Gasteiger partial charge in [-0.1, -0.05) is 0 Å². The minimum absolute atomic E-state index is 0.130. The molecule has 5 fully saturated rings. The van der Waals surface area contributed by atoms with Crippen LogP contribution < -0.4 is 0 Å². The van der Waals surface area contributed by atoms with E-state index in [4.69, 9.17) is 0 Å². The molecule has 4 aliphatic carbocycles. The summed E-state index contributed by atoms with van der Waals surface area (Å²) in [6.07, 6.45) is 10.5. The van der Waals surface area contributed by atoms with E-state index >= 15 is 0 Å². The highest BCUT2D eigenvalue weighted by atomic mass is 16.2. The van der Waals surface area contributed by atoms with Crippen molar-refractivity contribution >= 4 is 5.91 Å². The van der Waals surface area contributed by atoms with Crippen LogP contribution in [0.4, 0.5) is 0 Å². The highest BCUT2D eigenvalue weighted by molar-refractivity contribution is 5.84. The lowest BCUT2D eigenvalue weighted by atomic mass is 9.74. The molecule has 2 unspecified atom stereocenters. The first kappa shape index (κ1) is 10.4. The zero-order valence-electron chi connectivity index (χ0n) is 10.7. The highest BCUT2D eigenvalue weighted by Gasteiger charge is 2.62. The van der Waals surface area contributed by atoms with Crippen molar-refractivity contribution in [1.82, 2.24) is 4.90 Å². The molecule has 0 radical (unpaired) electrons. The molecule has 1 saturated heterocycles. The van der Waals surface area contributed by atoms with Crippen LogP contribution in [0.25, 0.3) is 0 Å². The van der Waals surface area contributed by atoms with E-state index in [1.54, 1.807) is 0 Å². The number of carbonyl (C=O) groups excluding carboxylic acids is 1. The highest BCUT2D eigenvalue weighted by Crippen LogP contribution is 2.65. The van der Waals surface area contributed by atoms with Crippen molar-refractivity contribution in [2.45, 2.75) is 51.4 Å². The van der Waals surface area contributed by atoms with Gasteiger partial charge in [-0.25, -0.2) is 0 Å². The van der Waals surface area contributed by atoms with Crippen molar-refractivity contribution in [3.63, 3.8) is 0 Å². The Bertz CT molecular complexity index is 331. The van der Waals surface area contributed by atoms with Gasteiger partial charge in [-0.3, -0.25) is 4.79 Å². The first-order valence-corrected chi connectivity index (χ1v) is 7.57. The van der Waals surface area contributed by atoms with Gasteiger partial charge < -0.3 is 4.90 Å². The molecule has 0 aromatic heterocycles. The quantitative estimate of drug-likeness (QED) is 0.682. The zero-order valence-corrected chi connectivity index (χ0v) is 10.7. The van der Waals surface area contributed by atoms with E-state index in [2.05, 4.69) is 4.90 Å². The van der Waals surface area contributed by atoms with Crippen molar-refractivity contribution in [2.24, 2.45) is 23.2 Å². The number of amides is 1. The van der Waals surface area contributed by atoms with Crippen LogP contribution in [0.5, 0.6) is 0 Å². The number of hydrogen-bond acceptors (Lipinski definition) is 1. The molecule has 4 bridgehead atoms. The van der Waals surface area contributed by atoms with Crippen molar-refractivity contribution < 1.29 is 4.79 Å². The first-order chi connectivity index (χ1) is 8.28. The lowest BCUT2D eigenvalue weighted by Crippen LogP contribution is -2.46. The predicted octanol–water partition coefficient (Wildman–Crippen LogP) is 2.83. The molecule has 0 N–H and O–H groups in total. The van der Waals surface area contributed by atoms with Gasteiger partial charge in [0.1, 0.15) is 0 Å². The van der Waals surface area contributed by atoms with Crippen molar-refractivity contribution in [3.8, 4) is 0 Å². The van der Waals surface area contributed by atoms with E-state index in [9.17, 15) is 4.79 Å². The summed E-state index contributed by atoms with van der Waals surface area (Å²) in [5.41, 5.74) is 0.130. The van der Waals surface area contributed by atoms with Crippen LogP contribution in [0, 0.1) is 23.2 Å². The molecule has 1 aliphatic heterocycles. The number of rotatable bonds is 1. The molecule has 5 aliphatic rings. The third-order valence-electron chi connectivity index (χ3n) is 6.06. The normalized spacial score (nSPS) is 47.8. The van der Waals surface area contributed by atoms with Gasteiger partial charge in [0.15, 0.2) is 0 Å². The fourth-order valence-corrected chi connectivity index (χ4v) is 5.56. The maximum Gasteiger partial charge on any atom is 0.229 e. The molecule has 17 heavy (non-hydrogen) atoms. The third kappa shape index (κ3) is 1.36. The summed E-state index contributed by atoms with van der Waals surface area (Å²) in [7, 11) is 0. The topological polar surface area (TPSA) is 20.3 Å². The van der Waals surface area contributed by atoms with E-state index in [0.29, 0.717) is 5.91 Å². The standard InChI is InChI=1S/C15H23NO/c17-14(16-4-2-1-3-5-16)15-9-11-6-12(10-15)8-13(15)7-11/h11-13H,1-10H2. The van der Waals surface area contributed by atoms with Gasteiger partial charge in [-0.15, -0.1) is 0 Å². The molecule has 0 aromatic carbocycles. The van der Waals surface area contributed by atoms with E-state index in [-0.39, 0.29) is 5.41 Å². The molecule has 2 nitrogen and oxygen atoms in total. The van der Waals surface area contributed by atoms with Gasteiger partial charge in [-0.05, 0) is 69.1 Å². The lowest BCUT2D eigenvalue weighted by Gasteiger charge is -2.38. The smallest absolute Gasteiger partial charge is 0.229 e. The van der Waals surface area contributed by atoms with Crippen LogP contribution in [0.1, 0.15) is 51.4 Å². The van der Waals surface area contributed by atoms with E-state index in [0.717, 1.165) is 30.8 Å². The Morgan fingerprint density at radius 2 is 1.59 bits per heavy atom. The maximum absolute atomic E-state index is 12.9. The molecule has 4 saturated carbocycles. The summed E-state index contributed by atoms with van der Waals surface area (Å²) in [6, 6.07) is 0. The Hall–Kier alpha value is -0.530. The number of hydrogen-bond donors (Lipinski definition) is 0. The van der Waals surface area contributed by atoms with Gasteiger partial charge >= 0.3 is 0 Å². The number of nitrogens with zero attached hydrogens (tertiary/aromatic N) is 1. The molecular weight excluding hydrogens is 210 g/mol. The third-order valence-corrected chi connectivity index (χ3v) is 6.06. The molecule has 2 atom stereocenters. The second kappa shape index (κ2) is 3.49. The molecule has 5 rings (SSSR count). The SMILES string of the molecule is O=C(N1CCCCC1)C12CC3CC(CC1C3)C2. The number of carbonyl (C=O) groups is 1. The van der Waals surface area contributed by atoms with Gasteiger partial charge in [0.2, 0.25) is 5.91 Å². The second-order valence-corrected chi connectivity index (χ2v) is 7.05. The van der Waals surface area contributed by atoms with Gasteiger partial charge in [0.25, 0.3) is 0 Å². The summed E-state index contributed by atoms with van der Waals surface area (Å²) < 4.78 is 0. The Labute approximate surface area is 104 Å². The summed E-state index contributed by atoms with van der Waals surface area (Å²) in [5, 5.41) is 0. The Kier molecular flexibility index (Phi) is 2.13. The van der Waals surface area contributed by atoms with Crippen molar-refractivity contribution in [1.29, 1.82) is 0 Å². The minimum atomic E-state index is 0.130. The average Bonchev–Trinajstić information content (AvgIpc) is 2.76. The lowest BCUT2D eigenvalue weighted by molar-refractivity contribution is -0.145. The van der Waals surface area contributed by atoms with Gasteiger partial charge in [-0.2, -0.15) is 0 Å². The van der Waals surface area contributed by atoms with Crippen molar-refractivity contribution in [3.05, 3.63) is 0 Å². The monoisotopic (exact) mass is 233 g/mol. The van der Waals surface area contributed by atoms with E-state index < -0.39 is 0 Å². The molecule has 0 spiro atoms. The summed E-state index contributed by atoms with van der Waals surface area (Å²) in [5.74, 6) is 3.13. The first-order valence-electron chi connectivity index (χ1n) is 7.57. The van der Waals surface area contributed by atoms with Crippen molar-refractivity contribution in [2.75, 3.05) is 13.1 Å². The van der Waals surface area contributed by atoms with Gasteiger partial charge in [0.05, 0.1) is 5.41 Å². The minimum Gasteiger partial charge on any atom is -0.342 e. The Morgan fingerprint density at radius 3 is 2.24 bits per heavy atom. The summed E-state index contributed by atoms with van der Waals surface area (Å²) in [4.78, 5) is 15.1. The Balaban J connectivity index is 1.59. The van der Waals surface area contributed by atoms with Crippen LogP contribution in [0.3, 0.4) is 0 Å². The number of likely N-dealkylation sites (tertiary alicyclic amines) is 1. The molecule has 1 amide bonds. The van der Waals surface area contributed by atoms with Crippen LogP contribution in [0.2, 0.25) is 0 Å². The molecule has 94 valence electrons. The second-order valence-electron chi connectivity index (χ2n) is 7.05. The zero-order chi connectivity index (χ0) is 11.5. The van der Waals surface area contributed by atoms with Gasteiger partial charge in [0, 0.05) is 13.1 Å². The fraction of sp³-hybridized carbons (Fsp3) is 0.933. The Morgan fingerprint density at radius 1 is 0.941 bits per heavy atom. The fourth-order valence-electron chi connectivity index (χ4n) is 5.56. The predicted molar refractivity (Wildman–Crippen MR) is 66.4 cm³/mol. The molecule has 0 aromatic rings.